The molecule has 5 nitrogen and oxygen atoms in total. The number of nitrogens with one attached hydrogen (secondary N) is 1. The molecule has 1 fully saturated rings. The highest BCUT2D eigenvalue weighted by Gasteiger charge is 2.30. The molecule has 2 aromatic carbocycles. The molecule has 2 aromatic rings. The Morgan fingerprint density at radius 3 is 2.53 bits per heavy atom. The summed E-state index contributed by atoms with van der Waals surface area (Å²) < 4.78 is 5.37. The minimum Gasteiger partial charge on any atom is -0.497 e. The highest BCUT2D eigenvalue weighted by Crippen LogP contribution is 2.23. The van der Waals surface area contributed by atoms with Crippen LogP contribution in [0.25, 0.3) is 0 Å². The number of rotatable bonds is 11. The Hall–Kier alpha value is -2.47. The first kappa shape index (κ1) is 26.1. The van der Waals surface area contributed by atoms with Crippen molar-refractivity contribution in [2.24, 2.45) is 0 Å². The maximum atomic E-state index is 13.4. The number of carbonyl (C=O) groups excluding carboxylic acids is 2. The third-order valence-electron chi connectivity index (χ3n) is 6.43. The van der Waals surface area contributed by atoms with Crippen molar-refractivity contribution >= 4 is 23.6 Å². The molecule has 0 heterocycles. The Morgan fingerprint density at radius 2 is 1.85 bits per heavy atom. The number of benzene rings is 2. The van der Waals surface area contributed by atoms with Gasteiger partial charge in [0.1, 0.15) is 11.8 Å². The molecule has 1 saturated carbocycles. The lowest BCUT2D eigenvalue weighted by atomic mass is 9.95. The molecule has 0 bridgehead atoms. The molecule has 1 aliphatic carbocycles. The maximum Gasteiger partial charge on any atom is 0.243 e. The summed E-state index contributed by atoms with van der Waals surface area (Å²) in [4.78, 5) is 29.7. The Balaban J connectivity index is 1.71. The normalized spacial score (nSPS) is 14.9. The fraction of sp³-hybridized carbons (Fsp3) is 0.500. The van der Waals surface area contributed by atoms with E-state index >= 15 is 0 Å². The fourth-order valence-corrected chi connectivity index (χ4v) is 5.31. The van der Waals surface area contributed by atoms with Gasteiger partial charge in [0.2, 0.25) is 11.8 Å². The van der Waals surface area contributed by atoms with Gasteiger partial charge in [-0.25, -0.2) is 0 Å². The van der Waals surface area contributed by atoms with Gasteiger partial charge in [-0.2, -0.15) is 0 Å². The predicted octanol–water partition coefficient (Wildman–Crippen LogP) is 5.74. The monoisotopic (exact) mass is 482 g/mol. The van der Waals surface area contributed by atoms with E-state index in [0.717, 1.165) is 41.9 Å². The zero-order chi connectivity index (χ0) is 24.3. The minimum absolute atomic E-state index is 0.00748. The second-order valence-corrected chi connectivity index (χ2v) is 10.2. The zero-order valence-corrected chi connectivity index (χ0v) is 21.5. The van der Waals surface area contributed by atoms with Crippen LogP contribution >= 0.6 is 11.8 Å². The number of ether oxygens (including phenoxy) is 1. The second-order valence-electron chi connectivity index (χ2n) is 9.05. The van der Waals surface area contributed by atoms with Crippen molar-refractivity contribution in [2.75, 3.05) is 12.9 Å². The van der Waals surface area contributed by atoms with Crippen molar-refractivity contribution in [1.29, 1.82) is 0 Å². The van der Waals surface area contributed by atoms with Crippen molar-refractivity contribution < 1.29 is 14.3 Å². The number of hydrogen-bond acceptors (Lipinski definition) is 4. The molecule has 3 rings (SSSR count). The van der Waals surface area contributed by atoms with E-state index in [0.29, 0.717) is 25.1 Å². The highest BCUT2D eigenvalue weighted by molar-refractivity contribution is 7.99. The number of carbonyl (C=O) groups is 2. The summed E-state index contributed by atoms with van der Waals surface area (Å²) in [5, 5.41) is 3.24. The van der Waals surface area contributed by atoms with E-state index in [1.165, 1.54) is 12.0 Å². The lowest BCUT2D eigenvalue weighted by Gasteiger charge is -2.33. The summed E-state index contributed by atoms with van der Waals surface area (Å²) in [6.07, 6.45) is 6.57. The zero-order valence-electron chi connectivity index (χ0n) is 20.7. The first-order chi connectivity index (χ1) is 16.5. The van der Waals surface area contributed by atoms with Gasteiger partial charge in [-0.1, -0.05) is 56.0 Å². The summed E-state index contributed by atoms with van der Waals surface area (Å²) in [5.41, 5.74) is 2.18. The van der Waals surface area contributed by atoms with Crippen LogP contribution in [0.5, 0.6) is 5.75 Å². The molecular weight excluding hydrogens is 444 g/mol. The molecule has 6 heteroatoms. The molecule has 1 atom stereocenters. The topological polar surface area (TPSA) is 58.6 Å². The Morgan fingerprint density at radius 1 is 1.12 bits per heavy atom. The highest BCUT2D eigenvalue weighted by atomic mass is 32.2. The molecule has 0 aromatic heterocycles. The summed E-state index contributed by atoms with van der Waals surface area (Å²) in [6, 6.07) is 15.8. The van der Waals surface area contributed by atoms with Gasteiger partial charge in [-0.15, -0.1) is 11.8 Å². The minimum atomic E-state index is -0.481. The lowest BCUT2D eigenvalue weighted by molar-refractivity contribution is -0.141. The molecule has 184 valence electrons. The van der Waals surface area contributed by atoms with Gasteiger partial charge >= 0.3 is 0 Å². The summed E-state index contributed by atoms with van der Waals surface area (Å²) >= 11 is 1.68. The van der Waals surface area contributed by atoms with E-state index in [4.69, 9.17) is 4.74 Å². The number of thioether (sulfide) groups is 1. The average Bonchev–Trinajstić information content (AvgIpc) is 2.85. The number of nitrogens with zero attached hydrogens (tertiary/aromatic N) is 1. The van der Waals surface area contributed by atoms with Gasteiger partial charge in [-0.3, -0.25) is 9.59 Å². The number of methoxy groups -OCH3 is 1. The van der Waals surface area contributed by atoms with Gasteiger partial charge in [-0.05, 0) is 56.0 Å². The van der Waals surface area contributed by atoms with E-state index in [-0.39, 0.29) is 17.9 Å². The van der Waals surface area contributed by atoms with E-state index in [2.05, 4.69) is 36.5 Å². The van der Waals surface area contributed by atoms with Gasteiger partial charge in [0.25, 0.3) is 0 Å². The van der Waals surface area contributed by atoms with Crippen LogP contribution in [0.2, 0.25) is 0 Å². The van der Waals surface area contributed by atoms with Crippen LogP contribution in [0.1, 0.15) is 63.0 Å². The lowest BCUT2D eigenvalue weighted by Crippen LogP contribution is -2.51. The maximum absolute atomic E-state index is 13.4. The van der Waals surface area contributed by atoms with E-state index in [1.807, 2.05) is 31.2 Å². The molecule has 0 radical (unpaired) electrons. The van der Waals surface area contributed by atoms with Crippen LogP contribution in [0.3, 0.4) is 0 Å². The summed E-state index contributed by atoms with van der Waals surface area (Å²) in [6.45, 7) is 4.44. The smallest absolute Gasteiger partial charge is 0.243 e. The van der Waals surface area contributed by atoms with Gasteiger partial charge in [0, 0.05) is 29.7 Å². The van der Waals surface area contributed by atoms with Gasteiger partial charge in [0.05, 0.1) is 7.11 Å². The number of hydrogen-bond donors (Lipinski definition) is 1. The fourth-order valence-electron chi connectivity index (χ4n) is 4.47. The number of amides is 2. The van der Waals surface area contributed by atoms with Crippen molar-refractivity contribution in [3.05, 3.63) is 59.7 Å². The third-order valence-corrected chi connectivity index (χ3v) is 7.44. The van der Waals surface area contributed by atoms with E-state index in [9.17, 15) is 9.59 Å². The Labute approximate surface area is 208 Å². The van der Waals surface area contributed by atoms with E-state index < -0.39 is 6.04 Å². The van der Waals surface area contributed by atoms with Crippen LogP contribution in [0.4, 0.5) is 0 Å². The third kappa shape index (κ3) is 7.79. The second kappa shape index (κ2) is 13.4. The van der Waals surface area contributed by atoms with Gasteiger partial charge < -0.3 is 15.0 Å². The molecule has 1 N–H and O–H groups in total. The van der Waals surface area contributed by atoms with Crippen LogP contribution in [-0.2, 0) is 16.1 Å². The largest absolute Gasteiger partial charge is 0.497 e. The first-order valence-electron chi connectivity index (χ1n) is 12.4. The van der Waals surface area contributed by atoms with Crippen LogP contribution < -0.4 is 10.1 Å². The van der Waals surface area contributed by atoms with Crippen molar-refractivity contribution in [3.63, 3.8) is 0 Å². The molecule has 0 unspecified atom stereocenters. The molecule has 1 aliphatic rings. The standard InChI is InChI=1S/C28H38N2O3S/c1-4-26(28(32)29-23-10-6-5-7-11-23)30(20-22-9-8-12-24(19-22)33-3)27(31)17-18-34-25-15-13-21(2)14-16-25/h8-9,12-16,19,23,26H,4-7,10-11,17-18,20H2,1-3H3,(H,29,32)/t26-/m0/s1. The van der Waals surface area contributed by atoms with Crippen LogP contribution in [-0.4, -0.2) is 41.7 Å². The van der Waals surface area contributed by atoms with Crippen molar-refractivity contribution in [2.45, 2.75) is 82.3 Å². The Bertz CT molecular complexity index is 926. The predicted molar refractivity (Wildman–Crippen MR) is 139 cm³/mol. The van der Waals surface area contributed by atoms with Crippen molar-refractivity contribution in [1.82, 2.24) is 10.2 Å². The van der Waals surface area contributed by atoms with Gasteiger partial charge in [0.15, 0.2) is 0 Å². The molecule has 0 spiro atoms. The Kier molecular flexibility index (Phi) is 10.3. The molecule has 0 saturated heterocycles. The van der Waals surface area contributed by atoms with E-state index in [1.54, 1.807) is 23.8 Å². The average molecular weight is 483 g/mol. The summed E-state index contributed by atoms with van der Waals surface area (Å²) in [7, 11) is 1.64. The van der Waals surface area contributed by atoms with Crippen LogP contribution in [0.15, 0.2) is 53.4 Å². The molecule has 0 aliphatic heterocycles. The van der Waals surface area contributed by atoms with Crippen LogP contribution in [0, 0.1) is 6.92 Å². The molecule has 2 amide bonds. The quantitative estimate of drug-likeness (QED) is 0.415. The molecule has 34 heavy (non-hydrogen) atoms. The molecular formula is C28H38N2O3S. The summed E-state index contributed by atoms with van der Waals surface area (Å²) in [5.74, 6) is 1.40. The van der Waals surface area contributed by atoms with Crippen molar-refractivity contribution in [3.8, 4) is 5.75 Å². The number of aryl methyl sites for hydroxylation is 1. The first-order valence-corrected chi connectivity index (χ1v) is 13.4. The SMILES string of the molecule is CC[C@@H](C(=O)NC1CCCCC1)N(Cc1cccc(OC)c1)C(=O)CCSc1ccc(C)cc1.